The van der Waals surface area contributed by atoms with Gasteiger partial charge >= 0.3 is 0 Å². The van der Waals surface area contributed by atoms with Crippen molar-refractivity contribution in [1.82, 2.24) is 14.9 Å². The molecule has 1 atom stereocenters. The normalized spacial score (nSPS) is 12.6. The van der Waals surface area contributed by atoms with E-state index in [0.29, 0.717) is 19.0 Å². The molecule has 6 nitrogen and oxygen atoms in total. The van der Waals surface area contributed by atoms with E-state index in [9.17, 15) is 9.50 Å². The maximum atomic E-state index is 13.3. The molecule has 0 amide bonds. The summed E-state index contributed by atoms with van der Waals surface area (Å²) in [6.45, 7) is 0.853. The van der Waals surface area contributed by atoms with Crippen LogP contribution in [0.4, 0.5) is 16.2 Å². The van der Waals surface area contributed by atoms with Crippen LogP contribution in [0.15, 0.2) is 6.20 Å². The lowest BCUT2D eigenvalue weighted by atomic mass is 10.3. The first kappa shape index (κ1) is 14.6. The summed E-state index contributed by atoms with van der Waals surface area (Å²) >= 11 is 0. The van der Waals surface area contributed by atoms with Crippen molar-refractivity contribution in [1.29, 1.82) is 0 Å². The highest BCUT2D eigenvalue weighted by Crippen LogP contribution is 2.14. The highest BCUT2D eigenvalue weighted by atomic mass is 19.1. The van der Waals surface area contributed by atoms with Crippen LogP contribution in [-0.4, -0.2) is 67.4 Å². The van der Waals surface area contributed by atoms with Crippen molar-refractivity contribution in [3.8, 4) is 0 Å². The topological polar surface area (TPSA) is 64.5 Å². The van der Waals surface area contributed by atoms with Crippen molar-refractivity contribution in [2.45, 2.75) is 6.10 Å². The number of likely N-dealkylation sites (N-methyl/N-ethyl adjacent to an activating group) is 1. The summed E-state index contributed by atoms with van der Waals surface area (Å²) in [5.74, 6) is 0.0481. The van der Waals surface area contributed by atoms with Crippen molar-refractivity contribution in [2.24, 2.45) is 0 Å². The van der Waals surface area contributed by atoms with E-state index in [4.69, 9.17) is 0 Å². The van der Waals surface area contributed by atoms with Gasteiger partial charge in [0.05, 0.1) is 12.3 Å². The van der Waals surface area contributed by atoms with Crippen molar-refractivity contribution < 1.29 is 9.50 Å². The quantitative estimate of drug-likeness (QED) is 0.749. The lowest BCUT2D eigenvalue weighted by molar-refractivity contribution is 0.148. The van der Waals surface area contributed by atoms with Crippen LogP contribution >= 0.6 is 0 Å². The fraction of sp³-hybridized carbons (Fsp3) is 0.636. The van der Waals surface area contributed by atoms with Gasteiger partial charge in [-0.3, -0.25) is 0 Å². The first-order valence-electron chi connectivity index (χ1n) is 5.66. The predicted octanol–water partition coefficient (Wildman–Crippen LogP) is 0.0161. The van der Waals surface area contributed by atoms with E-state index in [1.54, 1.807) is 19.0 Å². The summed E-state index contributed by atoms with van der Waals surface area (Å²) in [6, 6.07) is 0. The summed E-state index contributed by atoms with van der Waals surface area (Å²) in [5.41, 5.74) is 0. The van der Waals surface area contributed by atoms with Gasteiger partial charge in [-0.1, -0.05) is 0 Å². The molecule has 0 saturated heterocycles. The Morgan fingerprint density at radius 2 is 2.06 bits per heavy atom. The molecule has 7 heteroatoms. The van der Waals surface area contributed by atoms with Crippen molar-refractivity contribution in [2.75, 3.05) is 51.5 Å². The van der Waals surface area contributed by atoms with E-state index in [1.807, 2.05) is 19.0 Å². The van der Waals surface area contributed by atoms with Crippen molar-refractivity contribution in [3.05, 3.63) is 12.0 Å². The van der Waals surface area contributed by atoms with Gasteiger partial charge in [0.15, 0.2) is 11.6 Å². The van der Waals surface area contributed by atoms with Crippen LogP contribution in [0.1, 0.15) is 0 Å². The van der Waals surface area contributed by atoms with Gasteiger partial charge in [0.1, 0.15) is 0 Å². The number of aromatic nitrogens is 2. The number of nitrogens with one attached hydrogen (secondary N) is 1. The average molecular weight is 257 g/mol. The number of hydrogen-bond donors (Lipinski definition) is 2. The number of hydrogen-bond acceptors (Lipinski definition) is 6. The number of aliphatic hydroxyl groups is 1. The molecule has 0 aliphatic heterocycles. The second-order valence-electron chi connectivity index (χ2n) is 4.56. The molecule has 2 N–H and O–H groups in total. The zero-order valence-electron chi connectivity index (χ0n) is 11.2. The summed E-state index contributed by atoms with van der Waals surface area (Å²) in [5, 5.41) is 12.5. The van der Waals surface area contributed by atoms with Gasteiger partial charge in [-0.15, -0.1) is 0 Å². The Morgan fingerprint density at radius 3 is 2.61 bits per heavy atom. The summed E-state index contributed by atoms with van der Waals surface area (Å²) in [7, 11) is 7.16. The molecule has 0 fully saturated rings. The van der Waals surface area contributed by atoms with Crippen LogP contribution in [0.5, 0.6) is 0 Å². The molecule has 18 heavy (non-hydrogen) atoms. The molecule has 0 bridgehead atoms. The summed E-state index contributed by atoms with van der Waals surface area (Å²) < 4.78 is 13.3. The molecule has 0 unspecified atom stereocenters. The van der Waals surface area contributed by atoms with E-state index >= 15 is 0 Å². The van der Waals surface area contributed by atoms with E-state index < -0.39 is 11.9 Å². The molecule has 0 saturated carbocycles. The van der Waals surface area contributed by atoms with E-state index in [2.05, 4.69) is 15.3 Å². The molecular formula is C11H20FN5O. The molecule has 1 aromatic rings. The first-order chi connectivity index (χ1) is 8.40. The van der Waals surface area contributed by atoms with Crippen LogP contribution < -0.4 is 10.2 Å². The maximum absolute atomic E-state index is 13.3. The summed E-state index contributed by atoms with van der Waals surface area (Å²) in [4.78, 5) is 11.3. The van der Waals surface area contributed by atoms with Crippen LogP contribution in [0.3, 0.4) is 0 Å². The average Bonchev–Trinajstić information content (AvgIpc) is 2.26. The Morgan fingerprint density at radius 1 is 1.39 bits per heavy atom. The largest absolute Gasteiger partial charge is 0.390 e. The van der Waals surface area contributed by atoms with Gasteiger partial charge in [0.25, 0.3) is 0 Å². The van der Waals surface area contributed by atoms with Crippen molar-refractivity contribution in [3.63, 3.8) is 0 Å². The van der Waals surface area contributed by atoms with Gasteiger partial charge in [-0.25, -0.2) is 9.37 Å². The monoisotopic (exact) mass is 257 g/mol. The minimum absolute atomic E-state index is 0.217. The van der Waals surface area contributed by atoms with Crippen LogP contribution in [0, 0.1) is 5.82 Å². The molecule has 0 aliphatic carbocycles. The van der Waals surface area contributed by atoms with Gasteiger partial charge in [-0.05, 0) is 14.1 Å². The van der Waals surface area contributed by atoms with Crippen LogP contribution in [0.25, 0.3) is 0 Å². The zero-order valence-corrected chi connectivity index (χ0v) is 11.2. The van der Waals surface area contributed by atoms with Gasteiger partial charge < -0.3 is 20.2 Å². The molecule has 1 aromatic heterocycles. The number of halogens is 1. The van der Waals surface area contributed by atoms with Crippen LogP contribution in [-0.2, 0) is 0 Å². The molecule has 0 radical (unpaired) electrons. The highest BCUT2D eigenvalue weighted by molar-refractivity contribution is 5.42. The number of aliphatic hydroxyl groups excluding tert-OH is 1. The standard InChI is InChI=1S/C11H20FN5O/c1-16(2)7-8(18)5-13-11-14-6-9(12)10(15-11)17(3)4/h6,8,18H,5,7H2,1-4H3,(H,13,14,15)/t8-/m1/s1. The highest BCUT2D eigenvalue weighted by Gasteiger charge is 2.10. The first-order valence-corrected chi connectivity index (χ1v) is 5.66. The second kappa shape index (κ2) is 6.46. The van der Waals surface area contributed by atoms with E-state index in [-0.39, 0.29) is 5.82 Å². The fourth-order valence-electron chi connectivity index (χ4n) is 1.45. The smallest absolute Gasteiger partial charge is 0.224 e. The lowest BCUT2D eigenvalue weighted by Gasteiger charge is -2.17. The Labute approximate surface area is 106 Å². The lowest BCUT2D eigenvalue weighted by Crippen LogP contribution is -2.31. The maximum Gasteiger partial charge on any atom is 0.224 e. The molecule has 1 heterocycles. The molecule has 1 rings (SSSR count). The third kappa shape index (κ3) is 4.42. The molecule has 0 aliphatic rings. The number of rotatable bonds is 6. The van der Waals surface area contributed by atoms with Gasteiger partial charge in [0.2, 0.25) is 5.95 Å². The van der Waals surface area contributed by atoms with Gasteiger partial charge in [0, 0.05) is 27.2 Å². The Kier molecular flexibility index (Phi) is 5.24. The predicted molar refractivity (Wildman–Crippen MR) is 69.4 cm³/mol. The SMILES string of the molecule is CN(C)C[C@H](O)CNc1ncc(F)c(N(C)C)n1. The van der Waals surface area contributed by atoms with Crippen molar-refractivity contribution >= 4 is 11.8 Å². The Hall–Kier alpha value is -1.47. The third-order valence-corrected chi connectivity index (χ3v) is 2.22. The molecule has 0 spiro atoms. The summed E-state index contributed by atoms with van der Waals surface area (Å²) in [6.07, 6.45) is 0.583. The van der Waals surface area contributed by atoms with E-state index in [0.717, 1.165) is 6.20 Å². The van der Waals surface area contributed by atoms with E-state index in [1.165, 1.54) is 0 Å². The molecule has 102 valence electrons. The van der Waals surface area contributed by atoms with Gasteiger partial charge in [-0.2, -0.15) is 4.98 Å². The minimum Gasteiger partial charge on any atom is -0.390 e. The molecule has 0 aromatic carbocycles. The zero-order chi connectivity index (χ0) is 13.7. The Bertz CT molecular complexity index is 386. The fourth-order valence-corrected chi connectivity index (χ4v) is 1.45. The molecular weight excluding hydrogens is 237 g/mol. The number of anilines is 2. The minimum atomic E-state index is -0.531. The van der Waals surface area contributed by atoms with Crippen LogP contribution in [0.2, 0.25) is 0 Å². The second-order valence-corrected chi connectivity index (χ2v) is 4.56. The Balaban J connectivity index is 2.60. The number of nitrogens with zero attached hydrogens (tertiary/aromatic N) is 4. The third-order valence-electron chi connectivity index (χ3n) is 2.22.